The summed E-state index contributed by atoms with van der Waals surface area (Å²) in [6, 6.07) is 19.8. The van der Waals surface area contributed by atoms with Crippen LogP contribution in [-0.2, 0) is 11.4 Å². The standard InChI is InChI=1S/C26H22I2N2O3S/c1-3-32-20-9-7-19(8-10-20)29-26-30-25(31)23(34-26)14-18-12-21(27)24(22(28)13-18)33-15-17-6-4-5-16(2)11-17/h4-14H,3,15H2,1-2H3,(H,29,30,31)/b23-14+. The van der Waals surface area contributed by atoms with Gasteiger partial charge in [0.15, 0.2) is 5.17 Å². The molecule has 3 aromatic carbocycles. The molecule has 0 bridgehead atoms. The number of ether oxygens (including phenoxy) is 2. The molecular weight excluding hydrogens is 674 g/mol. The van der Waals surface area contributed by atoms with Crippen molar-refractivity contribution in [2.45, 2.75) is 20.5 Å². The summed E-state index contributed by atoms with van der Waals surface area (Å²) in [5, 5.41) is 3.40. The molecule has 1 fully saturated rings. The third-order valence-electron chi connectivity index (χ3n) is 4.81. The van der Waals surface area contributed by atoms with Gasteiger partial charge in [-0.25, -0.2) is 4.99 Å². The first-order valence-corrected chi connectivity index (χ1v) is 13.6. The minimum Gasteiger partial charge on any atom is -0.494 e. The molecule has 8 heteroatoms. The smallest absolute Gasteiger partial charge is 0.264 e. The fourth-order valence-corrected chi connectivity index (χ4v) is 6.26. The lowest BCUT2D eigenvalue weighted by molar-refractivity contribution is -0.115. The molecule has 0 saturated carbocycles. The summed E-state index contributed by atoms with van der Waals surface area (Å²) in [6.07, 6.45) is 1.88. The monoisotopic (exact) mass is 696 g/mol. The SMILES string of the molecule is CCOc1ccc(N=C2NC(=O)/C(=C\c3cc(I)c(OCc4cccc(C)c4)c(I)c3)S2)cc1. The largest absolute Gasteiger partial charge is 0.494 e. The van der Waals surface area contributed by atoms with Crippen molar-refractivity contribution in [3.63, 3.8) is 0 Å². The Hall–Kier alpha value is -2.05. The number of halogens is 2. The predicted octanol–water partition coefficient (Wildman–Crippen LogP) is 7.07. The summed E-state index contributed by atoms with van der Waals surface area (Å²) < 4.78 is 13.6. The topological polar surface area (TPSA) is 59.9 Å². The molecule has 4 rings (SSSR count). The van der Waals surface area contributed by atoms with Crippen LogP contribution in [0.15, 0.2) is 70.6 Å². The van der Waals surface area contributed by atoms with Crippen LogP contribution in [0, 0.1) is 14.1 Å². The number of nitrogens with zero attached hydrogens (tertiary/aromatic N) is 1. The third kappa shape index (κ3) is 6.54. The Bertz CT molecular complexity index is 1250. The van der Waals surface area contributed by atoms with Crippen LogP contribution in [0.25, 0.3) is 6.08 Å². The molecule has 0 aromatic heterocycles. The second-order valence-electron chi connectivity index (χ2n) is 7.50. The minimum atomic E-state index is -0.153. The van der Waals surface area contributed by atoms with Gasteiger partial charge in [-0.1, -0.05) is 29.8 Å². The molecule has 5 nitrogen and oxygen atoms in total. The lowest BCUT2D eigenvalue weighted by atomic mass is 10.1. The zero-order valence-electron chi connectivity index (χ0n) is 18.6. The van der Waals surface area contributed by atoms with E-state index in [1.807, 2.05) is 55.5 Å². The van der Waals surface area contributed by atoms with Crippen molar-refractivity contribution in [3.8, 4) is 11.5 Å². The number of carbonyl (C=O) groups is 1. The molecule has 1 saturated heterocycles. The Morgan fingerprint density at radius 1 is 1.03 bits per heavy atom. The normalized spacial score (nSPS) is 15.6. The molecule has 1 N–H and O–H groups in total. The van der Waals surface area contributed by atoms with Crippen molar-refractivity contribution in [3.05, 3.63) is 89.4 Å². The lowest BCUT2D eigenvalue weighted by Crippen LogP contribution is -2.19. The van der Waals surface area contributed by atoms with Crippen molar-refractivity contribution >= 4 is 79.8 Å². The first-order chi connectivity index (χ1) is 16.4. The van der Waals surface area contributed by atoms with E-state index in [2.05, 4.69) is 80.6 Å². The molecule has 1 aliphatic heterocycles. The van der Waals surface area contributed by atoms with Crippen LogP contribution in [0.5, 0.6) is 11.5 Å². The van der Waals surface area contributed by atoms with Crippen molar-refractivity contribution < 1.29 is 14.3 Å². The quantitative estimate of drug-likeness (QED) is 0.212. The van der Waals surface area contributed by atoms with Crippen molar-refractivity contribution in [1.82, 2.24) is 5.32 Å². The fourth-order valence-electron chi connectivity index (χ4n) is 3.29. The number of carbonyl (C=O) groups excluding carboxylic acids is 1. The van der Waals surface area contributed by atoms with Gasteiger partial charge in [-0.05, 0) is 124 Å². The Kier molecular flexibility index (Phi) is 8.54. The first-order valence-electron chi connectivity index (χ1n) is 10.6. The first kappa shape index (κ1) is 25.1. The molecule has 34 heavy (non-hydrogen) atoms. The van der Waals surface area contributed by atoms with Gasteiger partial charge in [0.1, 0.15) is 18.1 Å². The van der Waals surface area contributed by atoms with E-state index >= 15 is 0 Å². The van der Waals surface area contributed by atoms with Gasteiger partial charge < -0.3 is 14.8 Å². The summed E-state index contributed by atoms with van der Waals surface area (Å²) in [4.78, 5) is 17.7. The van der Waals surface area contributed by atoms with Gasteiger partial charge >= 0.3 is 0 Å². The minimum absolute atomic E-state index is 0.153. The van der Waals surface area contributed by atoms with Crippen LogP contribution in [0.3, 0.4) is 0 Å². The van der Waals surface area contributed by atoms with E-state index in [0.29, 0.717) is 23.3 Å². The average molecular weight is 696 g/mol. The maximum absolute atomic E-state index is 12.5. The van der Waals surface area contributed by atoms with E-state index in [4.69, 9.17) is 9.47 Å². The van der Waals surface area contributed by atoms with Crippen LogP contribution in [0.1, 0.15) is 23.6 Å². The number of amides is 1. The highest BCUT2D eigenvalue weighted by Gasteiger charge is 2.24. The van der Waals surface area contributed by atoms with Crippen LogP contribution < -0.4 is 14.8 Å². The van der Waals surface area contributed by atoms with Gasteiger partial charge in [0.25, 0.3) is 5.91 Å². The van der Waals surface area contributed by atoms with E-state index in [9.17, 15) is 4.79 Å². The van der Waals surface area contributed by atoms with Gasteiger partial charge in [-0.3, -0.25) is 4.79 Å². The highest BCUT2D eigenvalue weighted by atomic mass is 127. The highest BCUT2D eigenvalue weighted by molar-refractivity contribution is 14.1. The van der Waals surface area contributed by atoms with Gasteiger partial charge in [0.2, 0.25) is 0 Å². The number of hydrogen-bond acceptors (Lipinski definition) is 5. The van der Waals surface area contributed by atoms with Gasteiger partial charge in [-0.15, -0.1) is 0 Å². The molecule has 0 unspecified atom stereocenters. The van der Waals surface area contributed by atoms with Gasteiger partial charge in [-0.2, -0.15) is 0 Å². The molecule has 0 spiro atoms. The predicted molar refractivity (Wildman–Crippen MR) is 156 cm³/mol. The maximum atomic E-state index is 12.5. The van der Waals surface area contributed by atoms with E-state index in [-0.39, 0.29) is 5.91 Å². The highest BCUT2D eigenvalue weighted by Crippen LogP contribution is 2.33. The summed E-state index contributed by atoms with van der Waals surface area (Å²) in [6.45, 7) is 5.15. The number of thioether (sulfide) groups is 1. The average Bonchev–Trinajstić information content (AvgIpc) is 3.13. The molecular formula is C26H22I2N2O3S. The zero-order valence-corrected chi connectivity index (χ0v) is 23.7. The lowest BCUT2D eigenvalue weighted by Gasteiger charge is -2.12. The zero-order chi connectivity index (χ0) is 24.1. The molecule has 174 valence electrons. The molecule has 0 atom stereocenters. The Balaban J connectivity index is 1.47. The molecule has 0 radical (unpaired) electrons. The number of amidine groups is 1. The molecule has 0 aliphatic carbocycles. The second-order valence-corrected chi connectivity index (χ2v) is 10.9. The number of nitrogens with one attached hydrogen (secondary N) is 1. The van der Waals surface area contributed by atoms with Crippen LogP contribution in [-0.4, -0.2) is 17.7 Å². The molecule has 1 heterocycles. The summed E-state index contributed by atoms with van der Waals surface area (Å²) >= 11 is 5.89. The third-order valence-corrected chi connectivity index (χ3v) is 7.33. The number of rotatable bonds is 7. The number of aryl methyl sites for hydroxylation is 1. The molecule has 1 amide bonds. The summed E-state index contributed by atoms with van der Waals surface area (Å²) in [5.41, 5.74) is 4.05. The van der Waals surface area contributed by atoms with E-state index in [1.165, 1.54) is 17.3 Å². The number of aliphatic imine (C=N–C) groups is 1. The Morgan fingerprint density at radius 3 is 2.44 bits per heavy atom. The van der Waals surface area contributed by atoms with E-state index in [0.717, 1.165) is 35.5 Å². The van der Waals surface area contributed by atoms with Crippen molar-refractivity contribution in [2.75, 3.05) is 6.61 Å². The van der Waals surface area contributed by atoms with Gasteiger partial charge in [0, 0.05) is 0 Å². The number of benzene rings is 3. The van der Waals surface area contributed by atoms with E-state index < -0.39 is 0 Å². The van der Waals surface area contributed by atoms with Crippen molar-refractivity contribution in [1.29, 1.82) is 0 Å². The van der Waals surface area contributed by atoms with E-state index in [1.54, 1.807) is 0 Å². The maximum Gasteiger partial charge on any atom is 0.264 e. The summed E-state index contributed by atoms with van der Waals surface area (Å²) in [5.74, 6) is 1.50. The molecule has 3 aromatic rings. The number of hydrogen-bond donors (Lipinski definition) is 1. The fraction of sp³-hybridized carbons (Fsp3) is 0.154. The van der Waals surface area contributed by atoms with Crippen LogP contribution in [0.4, 0.5) is 5.69 Å². The second kappa shape index (κ2) is 11.6. The van der Waals surface area contributed by atoms with Gasteiger partial charge in [0.05, 0.1) is 24.3 Å². The van der Waals surface area contributed by atoms with Crippen LogP contribution in [0.2, 0.25) is 0 Å². The summed E-state index contributed by atoms with van der Waals surface area (Å²) in [7, 11) is 0. The Morgan fingerprint density at radius 2 is 1.76 bits per heavy atom. The Labute approximate surface area is 230 Å². The molecule has 1 aliphatic rings. The van der Waals surface area contributed by atoms with Crippen LogP contribution >= 0.6 is 56.9 Å². The van der Waals surface area contributed by atoms with Crippen molar-refractivity contribution in [2.24, 2.45) is 4.99 Å².